The number of amides is 2. The number of nitrogens with zero attached hydrogens (tertiary/aromatic N) is 5. The predicted octanol–water partition coefficient (Wildman–Crippen LogP) is 5.35. The molecule has 1 N–H and O–H groups in total. The summed E-state index contributed by atoms with van der Waals surface area (Å²) in [6.45, 7) is 16.7. The van der Waals surface area contributed by atoms with E-state index in [0.29, 0.717) is 26.2 Å². The summed E-state index contributed by atoms with van der Waals surface area (Å²) in [5.74, 6) is -1.72. The molecule has 2 saturated heterocycles. The summed E-state index contributed by atoms with van der Waals surface area (Å²) in [5.41, 5.74) is 0.521. The van der Waals surface area contributed by atoms with Gasteiger partial charge in [-0.25, -0.2) is 23.6 Å². The van der Waals surface area contributed by atoms with Gasteiger partial charge in [0.1, 0.15) is 29.2 Å². The molecule has 0 radical (unpaired) electrons. The van der Waals surface area contributed by atoms with Crippen molar-refractivity contribution < 1.29 is 42.5 Å². The maximum Gasteiger partial charge on any atom is 0.410 e. The van der Waals surface area contributed by atoms with E-state index in [4.69, 9.17) is 14.7 Å². The van der Waals surface area contributed by atoms with Crippen LogP contribution in [0.5, 0.6) is 0 Å². The molecule has 0 atom stereocenters. The molecule has 2 heterocycles. The number of rotatable bonds is 3. The number of hydrogen-bond acceptors (Lipinski definition) is 12. The minimum atomic E-state index is -0.642. The molecule has 2 aromatic rings. The van der Waals surface area contributed by atoms with Crippen molar-refractivity contribution in [2.24, 2.45) is 0 Å². The first kappa shape index (κ1) is 44.6. The van der Waals surface area contributed by atoms with Crippen molar-refractivity contribution in [2.45, 2.75) is 60.2 Å². The lowest BCUT2D eigenvalue weighted by molar-refractivity contribution is 0.0223. The van der Waals surface area contributed by atoms with Crippen LogP contribution in [-0.4, -0.2) is 112 Å². The van der Waals surface area contributed by atoms with Crippen LogP contribution in [0.25, 0.3) is 0 Å². The van der Waals surface area contributed by atoms with Crippen molar-refractivity contribution in [2.75, 3.05) is 71.5 Å². The average molecular weight is 727 g/mol. The van der Waals surface area contributed by atoms with Crippen LogP contribution in [0.3, 0.4) is 0 Å². The van der Waals surface area contributed by atoms with Gasteiger partial charge in [-0.1, -0.05) is 7.43 Å². The van der Waals surface area contributed by atoms with Crippen LogP contribution >= 0.6 is 0 Å². The van der Waals surface area contributed by atoms with E-state index in [9.17, 15) is 28.8 Å². The Balaban J connectivity index is 0.000000424. The first-order chi connectivity index (χ1) is 23.9. The van der Waals surface area contributed by atoms with Crippen LogP contribution in [0.1, 0.15) is 80.8 Å². The number of nitriles is 2. The minimum absolute atomic E-state index is 0. The van der Waals surface area contributed by atoms with E-state index >= 15 is 0 Å². The fourth-order valence-corrected chi connectivity index (χ4v) is 4.65. The van der Waals surface area contributed by atoms with Crippen LogP contribution in [-0.2, 0) is 18.9 Å². The van der Waals surface area contributed by atoms with Crippen molar-refractivity contribution in [3.8, 4) is 12.1 Å². The Bertz CT molecular complexity index is 1610. The van der Waals surface area contributed by atoms with E-state index in [0.717, 1.165) is 44.0 Å². The molecule has 2 fully saturated rings. The van der Waals surface area contributed by atoms with Crippen molar-refractivity contribution in [1.29, 1.82) is 10.5 Å². The summed E-state index contributed by atoms with van der Waals surface area (Å²) >= 11 is 0. The molecule has 0 spiro atoms. The van der Waals surface area contributed by atoms with Gasteiger partial charge in [0.25, 0.3) is 0 Å². The second-order valence-corrected chi connectivity index (χ2v) is 13.3. The normalized spacial score (nSPS) is 13.9. The van der Waals surface area contributed by atoms with E-state index in [-0.39, 0.29) is 47.5 Å². The minimum Gasteiger partial charge on any atom is -0.465 e. The summed E-state index contributed by atoms with van der Waals surface area (Å²) in [6.07, 6.45) is -0.514. The molecule has 52 heavy (non-hydrogen) atoms. The number of ether oxygens (including phenoxy) is 4. The van der Waals surface area contributed by atoms with Gasteiger partial charge in [-0.2, -0.15) is 10.5 Å². The van der Waals surface area contributed by atoms with Gasteiger partial charge in [-0.3, -0.25) is 0 Å². The standard InChI is InChI=1S/C18H23N3O4.C9H6FNO2.C9H18N2O2.CH4/c1-18(2,3)25-17(23)21-9-7-20(8-10-21)14-5-6-15(16(22)24-4)13(11-14)12-19;1-13-9(12)8-3-2-7(10)4-6(8)5-11;1-9(2,3)13-8(12)11-6-4-10-5-7-11;/h5-6,11H,7-10H2,1-4H3;2-4H,1H3;10H,4-7H2,1-3H3;1H4. The van der Waals surface area contributed by atoms with Crippen LogP contribution in [0.2, 0.25) is 0 Å². The SMILES string of the molecule is C.CC(C)(C)OC(=O)N1CCNCC1.COC(=O)c1ccc(F)cc1C#N.COC(=O)c1ccc(N2CCN(C(=O)OC(C)(C)C)CC2)cc1C#N. The van der Waals surface area contributed by atoms with Crippen molar-refractivity contribution in [1.82, 2.24) is 15.1 Å². The average Bonchev–Trinajstić information content (AvgIpc) is 3.10. The number of carbonyl (C=O) groups excluding carboxylic acids is 4. The molecule has 0 bridgehead atoms. The third-order valence-electron chi connectivity index (χ3n) is 7.10. The molecule has 284 valence electrons. The molecule has 14 nitrogen and oxygen atoms in total. The molecule has 15 heteroatoms. The molecule has 0 unspecified atom stereocenters. The molecular weight excluding hydrogens is 675 g/mol. The Kier molecular flexibility index (Phi) is 17.5. The van der Waals surface area contributed by atoms with Gasteiger partial charge in [0.05, 0.1) is 36.5 Å². The fraction of sp³-hybridized carbons (Fsp3) is 0.514. The van der Waals surface area contributed by atoms with Gasteiger partial charge in [0, 0.05) is 58.0 Å². The molecule has 4 rings (SSSR count). The Morgan fingerprint density at radius 2 is 1.12 bits per heavy atom. The van der Waals surface area contributed by atoms with Crippen LogP contribution in [0, 0.1) is 28.5 Å². The fourth-order valence-electron chi connectivity index (χ4n) is 4.65. The Hall–Kier alpha value is -5.41. The molecule has 2 aliphatic rings. The summed E-state index contributed by atoms with van der Waals surface area (Å²) < 4.78 is 32.3. The summed E-state index contributed by atoms with van der Waals surface area (Å²) in [4.78, 5) is 51.8. The molecular formula is C37H51FN6O8. The maximum atomic E-state index is 12.6. The zero-order chi connectivity index (χ0) is 38.4. The highest BCUT2D eigenvalue weighted by Crippen LogP contribution is 2.22. The third-order valence-corrected chi connectivity index (χ3v) is 7.10. The summed E-state index contributed by atoms with van der Waals surface area (Å²) in [6, 6.07) is 12.1. The maximum absolute atomic E-state index is 12.6. The van der Waals surface area contributed by atoms with Gasteiger partial charge in [-0.05, 0) is 77.9 Å². The lowest BCUT2D eigenvalue weighted by atomic mass is 10.1. The zero-order valence-corrected chi connectivity index (χ0v) is 30.5. The topological polar surface area (TPSA) is 175 Å². The number of nitrogens with one attached hydrogen (secondary N) is 1. The molecule has 2 aromatic carbocycles. The predicted molar refractivity (Wildman–Crippen MR) is 192 cm³/mol. The number of piperazine rings is 2. The third kappa shape index (κ3) is 14.4. The van der Waals surface area contributed by atoms with E-state index in [1.807, 2.05) is 47.6 Å². The number of methoxy groups -OCH3 is 2. The highest BCUT2D eigenvalue weighted by Gasteiger charge is 2.27. The Morgan fingerprint density at radius 3 is 1.54 bits per heavy atom. The first-order valence-electron chi connectivity index (χ1n) is 16.2. The summed E-state index contributed by atoms with van der Waals surface area (Å²) in [5, 5.41) is 21.0. The number of benzene rings is 2. The van der Waals surface area contributed by atoms with E-state index in [2.05, 4.69) is 19.7 Å². The van der Waals surface area contributed by atoms with E-state index in [1.54, 1.807) is 34.1 Å². The molecule has 2 amide bonds. The largest absolute Gasteiger partial charge is 0.465 e. The van der Waals surface area contributed by atoms with Gasteiger partial charge < -0.3 is 39.0 Å². The van der Waals surface area contributed by atoms with Crippen LogP contribution in [0.15, 0.2) is 36.4 Å². The van der Waals surface area contributed by atoms with Crippen molar-refractivity contribution in [3.63, 3.8) is 0 Å². The lowest BCUT2D eigenvalue weighted by Gasteiger charge is -2.36. The van der Waals surface area contributed by atoms with Gasteiger partial charge in [0.15, 0.2) is 0 Å². The van der Waals surface area contributed by atoms with Crippen LogP contribution < -0.4 is 10.2 Å². The van der Waals surface area contributed by atoms with Gasteiger partial charge in [-0.15, -0.1) is 0 Å². The Morgan fingerprint density at radius 1 is 0.692 bits per heavy atom. The van der Waals surface area contributed by atoms with Crippen molar-refractivity contribution in [3.05, 3.63) is 64.5 Å². The van der Waals surface area contributed by atoms with Crippen LogP contribution in [0.4, 0.5) is 19.7 Å². The second-order valence-electron chi connectivity index (χ2n) is 13.3. The summed E-state index contributed by atoms with van der Waals surface area (Å²) in [7, 11) is 2.49. The van der Waals surface area contributed by atoms with Gasteiger partial charge in [0.2, 0.25) is 0 Å². The highest BCUT2D eigenvalue weighted by atomic mass is 19.1. The second kappa shape index (κ2) is 20.4. The van der Waals surface area contributed by atoms with E-state index < -0.39 is 23.4 Å². The number of anilines is 1. The molecule has 0 aliphatic carbocycles. The first-order valence-corrected chi connectivity index (χ1v) is 16.2. The molecule has 0 saturated carbocycles. The monoisotopic (exact) mass is 726 g/mol. The zero-order valence-electron chi connectivity index (χ0n) is 30.5. The smallest absolute Gasteiger partial charge is 0.410 e. The number of esters is 2. The van der Waals surface area contributed by atoms with E-state index in [1.165, 1.54) is 20.3 Å². The number of halogens is 1. The molecule has 0 aromatic heterocycles. The lowest BCUT2D eigenvalue weighted by Crippen LogP contribution is -2.50. The number of carbonyl (C=O) groups is 4. The Labute approximate surface area is 305 Å². The quantitative estimate of drug-likeness (QED) is 0.318. The van der Waals surface area contributed by atoms with Gasteiger partial charge >= 0.3 is 24.1 Å². The highest BCUT2D eigenvalue weighted by molar-refractivity contribution is 5.93. The molecule has 2 aliphatic heterocycles. The van der Waals surface area contributed by atoms with Crippen molar-refractivity contribution >= 4 is 29.8 Å². The number of hydrogen-bond donors (Lipinski definition) is 1.